The van der Waals surface area contributed by atoms with Gasteiger partial charge in [-0.05, 0) is 70.9 Å². The van der Waals surface area contributed by atoms with Gasteiger partial charge in [-0.15, -0.1) is 0 Å². The van der Waals surface area contributed by atoms with Crippen molar-refractivity contribution in [1.82, 2.24) is 0 Å². The van der Waals surface area contributed by atoms with E-state index in [2.05, 4.69) is 39.8 Å². The number of hydrogen-bond donors (Lipinski definition) is 0. The Hall–Kier alpha value is -1.84. The lowest BCUT2D eigenvalue weighted by Crippen LogP contribution is -2.31. The first-order valence-corrected chi connectivity index (χ1v) is 10.4. The van der Waals surface area contributed by atoms with Crippen molar-refractivity contribution in [2.45, 2.75) is 92.8 Å². The van der Waals surface area contributed by atoms with Gasteiger partial charge in [0.05, 0.1) is 0 Å². The summed E-state index contributed by atoms with van der Waals surface area (Å²) < 4.78 is 11.3. The number of hydrogen-bond acceptors (Lipinski definition) is 4. The Bertz CT molecular complexity index is 623. The molecule has 0 aromatic rings. The lowest BCUT2D eigenvalue weighted by Gasteiger charge is -2.32. The zero-order valence-electron chi connectivity index (χ0n) is 18.7. The number of allylic oxidation sites excluding steroid dienone is 3. The quantitative estimate of drug-likeness (QED) is 0.417. The Morgan fingerprint density at radius 1 is 1.14 bits per heavy atom. The van der Waals surface area contributed by atoms with Crippen molar-refractivity contribution < 1.29 is 19.1 Å². The average molecular weight is 391 g/mol. The topological polar surface area (TPSA) is 52.6 Å². The average Bonchev–Trinajstić information content (AvgIpc) is 2.56. The molecule has 0 aromatic carbocycles. The van der Waals surface area contributed by atoms with Crippen LogP contribution in [0.25, 0.3) is 0 Å². The summed E-state index contributed by atoms with van der Waals surface area (Å²) in [6.07, 6.45) is 10.5. The summed E-state index contributed by atoms with van der Waals surface area (Å²) in [5.74, 6) is 0.0627. The molecule has 0 saturated heterocycles. The summed E-state index contributed by atoms with van der Waals surface area (Å²) in [5, 5.41) is 0. The van der Waals surface area contributed by atoms with Gasteiger partial charge in [-0.1, -0.05) is 30.2 Å². The van der Waals surface area contributed by atoms with Crippen LogP contribution in [0.5, 0.6) is 0 Å². The minimum absolute atomic E-state index is 0.226. The Balaban J connectivity index is 3.18. The molecule has 0 radical (unpaired) electrons. The molecular weight excluding hydrogens is 352 g/mol. The van der Waals surface area contributed by atoms with Gasteiger partial charge in [0.1, 0.15) is 12.2 Å². The van der Waals surface area contributed by atoms with E-state index in [-0.39, 0.29) is 30.1 Å². The highest BCUT2D eigenvalue weighted by molar-refractivity contribution is 5.67. The van der Waals surface area contributed by atoms with E-state index in [4.69, 9.17) is 9.47 Å². The maximum Gasteiger partial charge on any atom is 0.303 e. The Morgan fingerprint density at radius 2 is 1.79 bits per heavy atom. The van der Waals surface area contributed by atoms with E-state index in [0.29, 0.717) is 12.3 Å². The third kappa shape index (κ3) is 8.90. The van der Waals surface area contributed by atoms with Crippen LogP contribution in [0, 0.1) is 11.8 Å². The number of esters is 2. The summed E-state index contributed by atoms with van der Waals surface area (Å²) >= 11 is 0. The number of carbonyl (C=O) groups excluding carboxylic acids is 2. The van der Waals surface area contributed by atoms with Crippen molar-refractivity contribution in [3.8, 4) is 0 Å². The fourth-order valence-corrected chi connectivity index (χ4v) is 3.76. The van der Waals surface area contributed by atoms with Crippen LogP contribution in [0.3, 0.4) is 0 Å². The Kier molecular flexibility index (Phi) is 10.3. The first kappa shape index (κ1) is 24.2. The van der Waals surface area contributed by atoms with Gasteiger partial charge < -0.3 is 9.47 Å². The summed E-state index contributed by atoms with van der Waals surface area (Å²) in [4.78, 5) is 23.3. The minimum atomic E-state index is -0.315. The molecule has 0 saturated carbocycles. The van der Waals surface area contributed by atoms with Crippen LogP contribution < -0.4 is 0 Å². The second-order valence-corrected chi connectivity index (χ2v) is 8.41. The number of carbonyl (C=O) groups is 2. The summed E-state index contributed by atoms with van der Waals surface area (Å²) in [6, 6.07) is 0. The summed E-state index contributed by atoms with van der Waals surface area (Å²) in [7, 11) is 0. The van der Waals surface area contributed by atoms with Gasteiger partial charge in [0.25, 0.3) is 0 Å². The normalized spacial score (nSPS) is 28.0. The highest BCUT2D eigenvalue weighted by atomic mass is 16.5. The van der Waals surface area contributed by atoms with Gasteiger partial charge in [0.2, 0.25) is 0 Å². The molecule has 0 N–H and O–H groups in total. The summed E-state index contributed by atoms with van der Waals surface area (Å²) in [6.45, 7) is 13.5. The molecule has 0 heterocycles. The first-order valence-electron chi connectivity index (χ1n) is 10.4. The van der Waals surface area contributed by atoms with E-state index in [1.54, 1.807) is 0 Å². The molecule has 0 amide bonds. The molecule has 4 atom stereocenters. The molecule has 1 aliphatic carbocycles. The SMILES string of the molecule is CC(=O)O[C@H]1C/C=C(\C)CC[C@@H](C(C)CCC=C(C)C)[C@@H](OC(C)=O)/C=C/1C. The fraction of sp³-hybridized carbons (Fsp3) is 0.667. The molecule has 0 bridgehead atoms. The van der Waals surface area contributed by atoms with Crippen LogP contribution in [0.1, 0.15) is 80.6 Å². The van der Waals surface area contributed by atoms with E-state index in [0.717, 1.165) is 31.3 Å². The third-order valence-electron chi connectivity index (χ3n) is 5.43. The van der Waals surface area contributed by atoms with Gasteiger partial charge in [-0.3, -0.25) is 9.59 Å². The lowest BCUT2D eigenvalue weighted by molar-refractivity contribution is -0.148. The van der Waals surface area contributed by atoms with Gasteiger partial charge >= 0.3 is 11.9 Å². The molecule has 158 valence electrons. The van der Waals surface area contributed by atoms with E-state index >= 15 is 0 Å². The second-order valence-electron chi connectivity index (χ2n) is 8.41. The van der Waals surface area contributed by atoms with E-state index in [1.807, 2.05) is 13.0 Å². The molecule has 0 aromatic heterocycles. The zero-order chi connectivity index (χ0) is 21.3. The van der Waals surface area contributed by atoms with Gasteiger partial charge in [-0.25, -0.2) is 0 Å². The lowest BCUT2D eigenvalue weighted by atomic mass is 9.80. The van der Waals surface area contributed by atoms with Crippen molar-refractivity contribution in [3.63, 3.8) is 0 Å². The first-order chi connectivity index (χ1) is 13.1. The van der Waals surface area contributed by atoms with Crippen molar-refractivity contribution >= 4 is 11.9 Å². The van der Waals surface area contributed by atoms with Crippen molar-refractivity contribution in [2.75, 3.05) is 0 Å². The maximum absolute atomic E-state index is 11.8. The third-order valence-corrected chi connectivity index (χ3v) is 5.43. The monoisotopic (exact) mass is 390 g/mol. The molecule has 4 nitrogen and oxygen atoms in total. The fourth-order valence-electron chi connectivity index (χ4n) is 3.76. The van der Waals surface area contributed by atoms with Gasteiger partial charge in [0, 0.05) is 26.2 Å². The molecule has 28 heavy (non-hydrogen) atoms. The highest BCUT2D eigenvalue weighted by Crippen LogP contribution is 2.32. The number of ether oxygens (including phenoxy) is 2. The van der Waals surface area contributed by atoms with Crippen LogP contribution >= 0.6 is 0 Å². The minimum Gasteiger partial charge on any atom is -0.458 e. The van der Waals surface area contributed by atoms with Crippen LogP contribution in [0.4, 0.5) is 0 Å². The summed E-state index contributed by atoms with van der Waals surface area (Å²) in [5.41, 5.74) is 3.55. The molecule has 1 unspecified atom stereocenters. The predicted octanol–water partition coefficient (Wildman–Crippen LogP) is 5.93. The highest BCUT2D eigenvalue weighted by Gasteiger charge is 2.29. The molecule has 0 aliphatic heterocycles. The molecular formula is C24H38O4. The van der Waals surface area contributed by atoms with E-state index in [9.17, 15) is 9.59 Å². The zero-order valence-corrected chi connectivity index (χ0v) is 18.7. The Morgan fingerprint density at radius 3 is 2.36 bits per heavy atom. The predicted molar refractivity (Wildman–Crippen MR) is 114 cm³/mol. The molecule has 1 aliphatic rings. The largest absolute Gasteiger partial charge is 0.458 e. The number of rotatable bonds is 6. The van der Waals surface area contributed by atoms with Crippen molar-refractivity contribution in [3.05, 3.63) is 34.9 Å². The van der Waals surface area contributed by atoms with Gasteiger partial charge in [-0.2, -0.15) is 0 Å². The molecule has 1 rings (SSSR count). The molecule has 0 fully saturated rings. The Labute approximate surface area is 171 Å². The van der Waals surface area contributed by atoms with E-state index in [1.165, 1.54) is 25.0 Å². The van der Waals surface area contributed by atoms with Crippen LogP contribution in [-0.4, -0.2) is 24.1 Å². The molecule has 4 heteroatoms. The smallest absolute Gasteiger partial charge is 0.303 e. The maximum atomic E-state index is 11.8. The molecule has 0 spiro atoms. The van der Waals surface area contributed by atoms with E-state index < -0.39 is 0 Å². The second kappa shape index (κ2) is 11.9. The standard InChI is InChI=1S/C24H38O4/c1-16(2)9-8-10-18(4)22-13-11-17(3)12-14-23(27-20(6)25)19(5)15-24(22)28-21(7)26/h9,12,15,18,22-24H,8,10-11,13-14H2,1-7H3/b17-12+,19-15+/t18?,22-,23-,24-/m0/s1. The van der Waals surface area contributed by atoms with Crippen LogP contribution in [-0.2, 0) is 19.1 Å². The van der Waals surface area contributed by atoms with Crippen LogP contribution in [0.15, 0.2) is 34.9 Å². The van der Waals surface area contributed by atoms with Gasteiger partial charge in [0.15, 0.2) is 0 Å². The van der Waals surface area contributed by atoms with Crippen molar-refractivity contribution in [2.24, 2.45) is 11.8 Å². The van der Waals surface area contributed by atoms with Crippen molar-refractivity contribution in [1.29, 1.82) is 0 Å². The van der Waals surface area contributed by atoms with Crippen LogP contribution in [0.2, 0.25) is 0 Å².